The Balaban J connectivity index is 2.13. The molecule has 4 nitrogen and oxygen atoms in total. The number of aliphatic hydroxyl groups excluding tert-OH is 1. The van der Waals surface area contributed by atoms with Crippen molar-refractivity contribution in [1.82, 2.24) is 9.55 Å². The van der Waals surface area contributed by atoms with Gasteiger partial charge in [-0.25, -0.2) is 4.98 Å². The second-order valence-corrected chi connectivity index (χ2v) is 5.08. The smallest absolute Gasteiger partial charge is 0.130 e. The Morgan fingerprint density at radius 1 is 1.25 bits per heavy atom. The number of aromatic nitrogens is 2. The van der Waals surface area contributed by atoms with Gasteiger partial charge in [0.1, 0.15) is 12.4 Å². The molecule has 2 rings (SSSR count). The van der Waals surface area contributed by atoms with Gasteiger partial charge in [-0.05, 0) is 37.0 Å². The Labute approximate surface area is 120 Å². The molecule has 0 saturated heterocycles. The Kier molecular flexibility index (Phi) is 4.79. The van der Waals surface area contributed by atoms with Crippen LogP contribution in [0.1, 0.15) is 35.7 Å². The van der Waals surface area contributed by atoms with Crippen molar-refractivity contribution in [2.75, 3.05) is 0 Å². The van der Waals surface area contributed by atoms with Gasteiger partial charge >= 0.3 is 0 Å². The predicted octanol–water partition coefficient (Wildman–Crippen LogP) is 2.98. The van der Waals surface area contributed by atoms with Crippen molar-refractivity contribution < 1.29 is 9.84 Å². The topological polar surface area (TPSA) is 47.3 Å². The SMILES string of the molecule is CCCn1cncc1COc1c(C)cc(CO)cc1C. The summed E-state index contributed by atoms with van der Waals surface area (Å²) in [5, 5.41) is 9.20. The van der Waals surface area contributed by atoms with Crippen molar-refractivity contribution in [2.45, 2.75) is 47.0 Å². The molecule has 0 radical (unpaired) electrons. The van der Waals surface area contributed by atoms with E-state index in [4.69, 9.17) is 4.74 Å². The van der Waals surface area contributed by atoms with Gasteiger partial charge in [0.15, 0.2) is 0 Å². The molecule has 0 aliphatic heterocycles. The lowest BCUT2D eigenvalue weighted by molar-refractivity contribution is 0.278. The van der Waals surface area contributed by atoms with Crippen LogP contribution in [0.4, 0.5) is 0 Å². The Morgan fingerprint density at radius 3 is 2.55 bits per heavy atom. The second-order valence-electron chi connectivity index (χ2n) is 5.08. The third-order valence-corrected chi connectivity index (χ3v) is 3.33. The fourth-order valence-corrected chi connectivity index (χ4v) is 2.42. The number of rotatable bonds is 6. The van der Waals surface area contributed by atoms with Crippen LogP contribution < -0.4 is 4.74 Å². The molecule has 0 aliphatic rings. The van der Waals surface area contributed by atoms with Crippen LogP contribution in [0.3, 0.4) is 0 Å². The highest BCUT2D eigenvalue weighted by atomic mass is 16.5. The molecular weight excluding hydrogens is 252 g/mol. The number of imidazole rings is 1. The lowest BCUT2D eigenvalue weighted by atomic mass is 10.1. The van der Waals surface area contributed by atoms with E-state index < -0.39 is 0 Å². The number of hydrogen-bond acceptors (Lipinski definition) is 3. The monoisotopic (exact) mass is 274 g/mol. The first-order valence-corrected chi connectivity index (χ1v) is 6.98. The number of benzene rings is 1. The molecule has 0 bridgehead atoms. The summed E-state index contributed by atoms with van der Waals surface area (Å²) in [5.74, 6) is 0.895. The first kappa shape index (κ1) is 14.6. The van der Waals surface area contributed by atoms with Crippen molar-refractivity contribution in [3.63, 3.8) is 0 Å². The van der Waals surface area contributed by atoms with Crippen LogP contribution in [0.2, 0.25) is 0 Å². The fourth-order valence-electron chi connectivity index (χ4n) is 2.42. The fraction of sp³-hybridized carbons (Fsp3) is 0.438. The van der Waals surface area contributed by atoms with Gasteiger partial charge in [0.2, 0.25) is 0 Å². The molecule has 1 aromatic carbocycles. The molecule has 20 heavy (non-hydrogen) atoms. The average Bonchev–Trinajstić information content (AvgIpc) is 2.85. The lowest BCUT2D eigenvalue weighted by Crippen LogP contribution is -2.06. The molecule has 0 saturated carbocycles. The van der Waals surface area contributed by atoms with Crippen LogP contribution in [-0.4, -0.2) is 14.7 Å². The highest BCUT2D eigenvalue weighted by Crippen LogP contribution is 2.25. The molecule has 0 unspecified atom stereocenters. The van der Waals surface area contributed by atoms with Gasteiger partial charge in [-0.2, -0.15) is 0 Å². The van der Waals surface area contributed by atoms with E-state index in [-0.39, 0.29) is 6.61 Å². The number of aryl methyl sites for hydroxylation is 3. The van der Waals surface area contributed by atoms with Crippen molar-refractivity contribution in [3.05, 3.63) is 47.0 Å². The Hall–Kier alpha value is -1.81. The van der Waals surface area contributed by atoms with Crippen molar-refractivity contribution in [1.29, 1.82) is 0 Å². The van der Waals surface area contributed by atoms with Crippen LogP contribution in [0.25, 0.3) is 0 Å². The van der Waals surface area contributed by atoms with Gasteiger partial charge in [-0.15, -0.1) is 0 Å². The zero-order valence-electron chi connectivity index (χ0n) is 12.4. The summed E-state index contributed by atoms with van der Waals surface area (Å²) in [6.07, 6.45) is 4.77. The summed E-state index contributed by atoms with van der Waals surface area (Å²) in [6, 6.07) is 3.93. The molecule has 4 heteroatoms. The lowest BCUT2D eigenvalue weighted by Gasteiger charge is -2.14. The van der Waals surface area contributed by atoms with E-state index in [0.29, 0.717) is 6.61 Å². The standard InChI is InChI=1S/C16H22N2O2/c1-4-5-18-11-17-8-15(18)10-20-16-12(2)6-14(9-19)7-13(16)3/h6-8,11,19H,4-5,9-10H2,1-3H3. The van der Waals surface area contributed by atoms with Crippen LogP contribution in [0, 0.1) is 13.8 Å². The third-order valence-electron chi connectivity index (χ3n) is 3.33. The maximum atomic E-state index is 9.20. The van der Waals surface area contributed by atoms with E-state index in [1.54, 1.807) is 0 Å². The minimum Gasteiger partial charge on any atom is -0.487 e. The maximum absolute atomic E-state index is 9.20. The van der Waals surface area contributed by atoms with Crippen LogP contribution >= 0.6 is 0 Å². The number of ether oxygens (including phenoxy) is 1. The number of nitrogens with zero attached hydrogens (tertiary/aromatic N) is 2. The molecule has 1 aromatic heterocycles. The highest BCUT2D eigenvalue weighted by Gasteiger charge is 2.08. The van der Waals surface area contributed by atoms with Crippen LogP contribution in [0.5, 0.6) is 5.75 Å². The summed E-state index contributed by atoms with van der Waals surface area (Å²) >= 11 is 0. The Morgan fingerprint density at radius 2 is 1.95 bits per heavy atom. The molecular formula is C16H22N2O2. The van der Waals surface area contributed by atoms with Gasteiger partial charge in [-0.3, -0.25) is 0 Å². The maximum Gasteiger partial charge on any atom is 0.130 e. The summed E-state index contributed by atoms with van der Waals surface area (Å²) in [7, 11) is 0. The second kappa shape index (κ2) is 6.57. The molecule has 108 valence electrons. The predicted molar refractivity (Wildman–Crippen MR) is 78.7 cm³/mol. The zero-order chi connectivity index (χ0) is 14.5. The quantitative estimate of drug-likeness (QED) is 0.881. The van der Waals surface area contributed by atoms with Gasteiger partial charge in [0.05, 0.1) is 24.8 Å². The van der Waals surface area contributed by atoms with Gasteiger partial charge in [0, 0.05) is 6.54 Å². The molecule has 2 aromatic rings. The normalized spacial score (nSPS) is 10.8. The van der Waals surface area contributed by atoms with E-state index in [2.05, 4.69) is 16.5 Å². The Bertz CT molecular complexity index is 553. The molecule has 1 N–H and O–H groups in total. The van der Waals surface area contributed by atoms with E-state index in [9.17, 15) is 5.11 Å². The molecule has 0 spiro atoms. The highest BCUT2D eigenvalue weighted by molar-refractivity contribution is 5.43. The molecule has 0 amide bonds. The molecule has 1 heterocycles. The summed E-state index contributed by atoms with van der Waals surface area (Å²) in [6.45, 7) is 7.69. The zero-order valence-corrected chi connectivity index (χ0v) is 12.4. The van der Waals surface area contributed by atoms with Crippen LogP contribution in [-0.2, 0) is 19.8 Å². The largest absolute Gasteiger partial charge is 0.487 e. The average molecular weight is 274 g/mol. The van der Waals surface area contributed by atoms with Gasteiger partial charge < -0.3 is 14.4 Å². The molecule has 0 aliphatic carbocycles. The number of aliphatic hydroxyl groups is 1. The minimum absolute atomic E-state index is 0.0607. The van der Waals surface area contributed by atoms with E-state index in [1.807, 2.05) is 38.5 Å². The molecule has 0 fully saturated rings. The van der Waals surface area contributed by atoms with E-state index in [1.165, 1.54) is 0 Å². The van der Waals surface area contributed by atoms with Crippen molar-refractivity contribution in [3.8, 4) is 5.75 Å². The molecule has 0 atom stereocenters. The number of hydrogen-bond donors (Lipinski definition) is 1. The van der Waals surface area contributed by atoms with Crippen molar-refractivity contribution in [2.24, 2.45) is 0 Å². The third kappa shape index (κ3) is 3.20. The van der Waals surface area contributed by atoms with E-state index in [0.717, 1.165) is 41.1 Å². The van der Waals surface area contributed by atoms with Crippen LogP contribution in [0.15, 0.2) is 24.7 Å². The minimum atomic E-state index is 0.0607. The van der Waals surface area contributed by atoms with Crippen molar-refractivity contribution >= 4 is 0 Å². The van der Waals surface area contributed by atoms with Gasteiger partial charge in [0.25, 0.3) is 0 Å². The summed E-state index contributed by atoms with van der Waals surface area (Å²) in [4.78, 5) is 4.18. The van der Waals surface area contributed by atoms with E-state index >= 15 is 0 Å². The summed E-state index contributed by atoms with van der Waals surface area (Å²) < 4.78 is 8.07. The first-order chi connectivity index (χ1) is 9.65. The first-order valence-electron chi connectivity index (χ1n) is 6.98. The van der Waals surface area contributed by atoms with Gasteiger partial charge in [-0.1, -0.05) is 19.1 Å². The summed E-state index contributed by atoms with van der Waals surface area (Å²) in [5.41, 5.74) is 4.10.